The van der Waals surface area contributed by atoms with Crippen LogP contribution in [0.15, 0.2) is 4.99 Å². The quantitative estimate of drug-likeness (QED) is 0.600. The zero-order valence-electron chi connectivity index (χ0n) is 17.2. The molecule has 1 spiro atoms. The predicted molar refractivity (Wildman–Crippen MR) is 108 cm³/mol. The minimum atomic E-state index is 0.214. The van der Waals surface area contributed by atoms with Crippen LogP contribution in [0, 0.1) is 5.41 Å². The van der Waals surface area contributed by atoms with Gasteiger partial charge < -0.3 is 19.7 Å². The summed E-state index contributed by atoms with van der Waals surface area (Å²) in [6.45, 7) is 12.4. The maximum absolute atomic E-state index is 5.70. The maximum atomic E-state index is 5.70. The number of hydrogen-bond donors (Lipinski definition) is 1. The van der Waals surface area contributed by atoms with E-state index >= 15 is 0 Å². The SMILES string of the molecule is CCNC(=NCC1(N2CCCC2)CCOCC1)N1CCC2(CCOCC2)C1. The molecule has 6 nitrogen and oxygen atoms in total. The van der Waals surface area contributed by atoms with Crippen molar-refractivity contribution in [3.05, 3.63) is 0 Å². The molecule has 27 heavy (non-hydrogen) atoms. The number of guanidine groups is 1. The molecule has 0 aromatic carbocycles. The Balaban J connectivity index is 1.46. The first kappa shape index (κ1) is 19.5. The third-order valence-electron chi connectivity index (χ3n) is 7.35. The summed E-state index contributed by atoms with van der Waals surface area (Å²) < 4.78 is 11.3. The summed E-state index contributed by atoms with van der Waals surface area (Å²) in [5, 5.41) is 3.59. The fourth-order valence-electron chi connectivity index (χ4n) is 5.49. The van der Waals surface area contributed by atoms with E-state index in [2.05, 4.69) is 22.0 Å². The average Bonchev–Trinajstić information content (AvgIpc) is 3.38. The van der Waals surface area contributed by atoms with Crippen LogP contribution in [0.2, 0.25) is 0 Å². The number of nitrogens with one attached hydrogen (secondary N) is 1. The first-order chi connectivity index (χ1) is 13.3. The lowest BCUT2D eigenvalue weighted by Crippen LogP contribution is -2.54. The molecule has 0 amide bonds. The van der Waals surface area contributed by atoms with E-state index in [4.69, 9.17) is 14.5 Å². The lowest BCUT2D eigenvalue weighted by Gasteiger charge is -2.44. The van der Waals surface area contributed by atoms with Crippen LogP contribution in [-0.2, 0) is 9.47 Å². The first-order valence-electron chi connectivity index (χ1n) is 11.2. The van der Waals surface area contributed by atoms with Gasteiger partial charge in [0.15, 0.2) is 5.96 Å². The molecule has 4 fully saturated rings. The van der Waals surface area contributed by atoms with E-state index in [-0.39, 0.29) is 5.54 Å². The minimum absolute atomic E-state index is 0.214. The lowest BCUT2D eigenvalue weighted by atomic mass is 9.80. The van der Waals surface area contributed by atoms with Gasteiger partial charge in [-0.3, -0.25) is 9.89 Å². The molecule has 4 aliphatic heterocycles. The average molecular weight is 379 g/mol. The van der Waals surface area contributed by atoms with Gasteiger partial charge in [-0.2, -0.15) is 0 Å². The first-order valence-corrected chi connectivity index (χ1v) is 11.2. The van der Waals surface area contributed by atoms with Crippen molar-refractivity contribution in [2.75, 3.05) is 65.7 Å². The minimum Gasteiger partial charge on any atom is -0.381 e. The Hall–Kier alpha value is -0.850. The molecule has 6 heteroatoms. The van der Waals surface area contributed by atoms with E-state index in [1.165, 1.54) is 45.2 Å². The van der Waals surface area contributed by atoms with Crippen LogP contribution in [0.4, 0.5) is 0 Å². The summed E-state index contributed by atoms with van der Waals surface area (Å²) in [4.78, 5) is 10.5. The molecule has 0 aromatic heterocycles. The van der Waals surface area contributed by atoms with Gasteiger partial charge in [-0.1, -0.05) is 0 Å². The Kier molecular flexibility index (Phi) is 6.25. The third kappa shape index (κ3) is 4.28. The van der Waals surface area contributed by atoms with Crippen molar-refractivity contribution in [1.82, 2.24) is 15.1 Å². The summed E-state index contributed by atoms with van der Waals surface area (Å²) in [5.74, 6) is 1.13. The Morgan fingerprint density at radius 3 is 2.26 bits per heavy atom. The van der Waals surface area contributed by atoms with E-state index in [1.807, 2.05) is 0 Å². The second-order valence-corrected chi connectivity index (χ2v) is 8.98. The van der Waals surface area contributed by atoms with Gasteiger partial charge in [-0.15, -0.1) is 0 Å². The molecule has 0 radical (unpaired) electrons. The van der Waals surface area contributed by atoms with Crippen molar-refractivity contribution in [2.45, 2.75) is 57.4 Å². The number of nitrogens with zero attached hydrogens (tertiary/aromatic N) is 3. The topological polar surface area (TPSA) is 49.3 Å². The normalized spacial score (nSPS) is 28.8. The molecule has 0 aromatic rings. The Bertz CT molecular complexity index is 506. The van der Waals surface area contributed by atoms with E-state index in [9.17, 15) is 0 Å². The van der Waals surface area contributed by atoms with E-state index in [0.717, 1.165) is 71.4 Å². The largest absolute Gasteiger partial charge is 0.381 e. The van der Waals surface area contributed by atoms with Crippen LogP contribution < -0.4 is 5.32 Å². The standard InChI is InChI=1S/C21H38N4O2/c1-2-22-19(24-12-5-20(18-24)6-13-26-14-7-20)23-17-21(8-15-27-16-9-21)25-10-3-4-11-25/h2-18H2,1H3,(H,22,23). The van der Waals surface area contributed by atoms with Gasteiger partial charge in [0.1, 0.15) is 0 Å². The lowest BCUT2D eigenvalue weighted by molar-refractivity contribution is -0.0140. The van der Waals surface area contributed by atoms with Crippen LogP contribution in [0.3, 0.4) is 0 Å². The second kappa shape index (κ2) is 8.66. The second-order valence-electron chi connectivity index (χ2n) is 8.98. The zero-order chi connectivity index (χ0) is 18.6. The molecular formula is C21H38N4O2. The van der Waals surface area contributed by atoms with Crippen LogP contribution in [0.25, 0.3) is 0 Å². The molecular weight excluding hydrogens is 340 g/mol. The van der Waals surface area contributed by atoms with Crippen LogP contribution in [-0.4, -0.2) is 87.0 Å². The van der Waals surface area contributed by atoms with Crippen molar-refractivity contribution in [2.24, 2.45) is 10.4 Å². The summed E-state index contributed by atoms with van der Waals surface area (Å²) in [6.07, 6.45) is 8.61. The number of ether oxygens (including phenoxy) is 2. The van der Waals surface area contributed by atoms with E-state index in [0.29, 0.717) is 5.41 Å². The van der Waals surface area contributed by atoms with Gasteiger partial charge in [0.25, 0.3) is 0 Å². The predicted octanol–water partition coefficient (Wildman–Crippen LogP) is 2.10. The van der Waals surface area contributed by atoms with Crippen molar-refractivity contribution >= 4 is 5.96 Å². The highest BCUT2D eigenvalue weighted by atomic mass is 16.5. The Morgan fingerprint density at radius 2 is 1.59 bits per heavy atom. The van der Waals surface area contributed by atoms with Crippen LogP contribution >= 0.6 is 0 Å². The summed E-state index contributed by atoms with van der Waals surface area (Å²) in [7, 11) is 0. The molecule has 0 unspecified atom stereocenters. The smallest absolute Gasteiger partial charge is 0.193 e. The monoisotopic (exact) mass is 378 g/mol. The summed E-state index contributed by atoms with van der Waals surface area (Å²) in [6, 6.07) is 0. The fourth-order valence-corrected chi connectivity index (χ4v) is 5.49. The summed E-state index contributed by atoms with van der Waals surface area (Å²) in [5.41, 5.74) is 0.672. The van der Waals surface area contributed by atoms with Gasteiger partial charge in [-0.25, -0.2) is 0 Å². The highest BCUT2D eigenvalue weighted by molar-refractivity contribution is 5.80. The number of likely N-dealkylation sites (tertiary alicyclic amines) is 2. The molecule has 4 aliphatic rings. The fraction of sp³-hybridized carbons (Fsp3) is 0.952. The molecule has 4 saturated heterocycles. The van der Waals surface area contributed by atoms with Crippen molar-refractivity contribution in [1.29, 1.82) is 0 Å². The van der Waals surface area contributed by atoms with Crippen LogP contribution in [0.5, 0.6) is 0 Å². The van der Waals surface area contributed by atoms with E-state index in [1.54, 1.807) is 0 Å². The van der Waals surface area contributed by atoms with Crippen molar-refractivity contribution < 1.29 is 9.47 Å². The summed E-state index contributed by atoms with van der Waals surface area (Å²) >= 11 is 0. The van der Waals surface area contributed by atoms with Gasteiger partial charge in [-0.05, 0) is 70.4 Å². The highest BCUT2D eigenvalue weighted by Crippen LogP contribution is 2.40. The molecule has 4 heterocycles. The Morgan fingerprint density at radius 1 is 0.926 bits per heavy atom. The molecule has 154 valence electrons. The van der Waals surface area contributed by atoms with Gasteiger partial charge in [0.05, 0.1) is 6.54 Å². The van der Waals surface area contributed by atoms with Crippen LogP contribution in [0.1, 0.15) is 51.9 Å². The molecule has 4 rings (SSSR count). The van der Waals surface area contributed by atoms with Gasteiger partial charge in [0, 0.05) is 51.6 Å². The highest BCUT2D eigenvalue weighted by Gasteiger charge is 2.42. The molecule has 1 N–H and O–H groups in total. The Labute approximate surface area is 164 Å². The number of hydrogen-bond acceptors (Lipinski definition) is 4. The molecule has 0 bridgehead atoms. The van der Waals surface area contributed by atoms with Gasteiger partial charge >= 0.3 is 0 Å². The zero-order valence-corrected chi connectivity index (χ0v) is 17.2. The molecule has 0 aliphatic carbocycles. The molecule has 0 saturated carbocycles. The maximum Gasteiger partial charge on any atom is 0.193 e. The van der Waals surface area contributed by atoms with E-state index < -0.39 is 0 Å². The number of rotatable bonds is 4. The van der Waals surface area contributed by atoms with Gasteiger partial charge in [0.2, 0.25) is 0 Å². The number of aliphatic imine (C=N–C) groups is 1. The van der Waals surface area contributed by atoms with Crippen molar-refractivity contribution in [3.63, 3.8) is 0 Å². The molecule has 0 atom stereocenters. The van der Waals surface area contributed by atoms with Crippen molar-refractivity contribution in [3.8, 4) is 0 Å². The third-order valence-corrected chi connectivity index (χ3v) is 7.35.